The molecule has 8 nitrogen and oxygen atoms in total. The number of sulfone groups is 1. The second kappa shape index (κ2) is 9.08. The Hall–Kier alpha value is -2.63. The maximum Gasteiger partial charge on any atom is 0.449 e. The number of hydrogen-bond donors (Lipinski definition) is 0. The summed E-state index contributed by atoms with van der Waals surface area (Å²) in [5, 5.41) is 0. The van der Waals surface area contributed by atoms with Gasteiger partial charge in [0.2, 0.25) is 5.82 Å². The molecule has 0 aliphatic carbocycles. The van der Waals surface area contributed by atoms with Crippen LogP contribution in [0.4, 0.5) is 13.2 Å². The molecule has 0 radical (unpaired) electrons. The topological polar surface area (TPSA) is 98.6 Å². The van der Waals surface area contributed by atoms with Gasteiger partial charge in [0.1, 0.15) is 6.54 Å². The van der Waals surface area contributed by atoms with Gasteiger partial charge < -0.3 is 14.2 Å². The van der Waals surface area contributed by atoms with Crippen LogP contribution in [-0.2, 0) is 36.9 Å². The molecule has 1 unspecified atom stereocenters. The SMILES string of the molecule is CC(C)CN(C(=O)COC(=O)Cn1c(C(F)(F)F)nc2ccccc21)C1CCS(=O)(=O)C1. The fourth-order valence-electron chi connectivity index (χ4n) is 3.72. The van der Waals surface area contributed by atoms with E-state index < -0.39 is 52.9 Å². The molecule has 32 heavy (non-hydrogen) atoms. The minimum absolute atomic E-state index is 0.0206. The highest BCUT2D eigenvalue weighted by molar-refractivity contribution is 7.91. The lowest BCUT2D eigenvalue weighted by Gasteiger charge is -2.29. The summed E-state index contributed by atoms with van der Waals surface area (Å²) in [5.74, 6) is -2.98. The predicted molar refractivity (Wildman–Crippen MR) is 109 cm³/mol. The monoisotopic (exact) mass is 475 g/mol. The Labute approximate surface area is 183 Å². The first-order valence-corrected chi connectivity index (χ1v) is 11.9. The largest absolute Gasteiger partial charge is 0.454 e. The van der Waals surface area contributed by atoms with Gasteiger partial charge in [0.25, 0.3) is 5.91 Å². The van der Waals surface area contributed by atoms with Crippen molar-refractivity contribution in [1.82, 2.24) is 14.5 Å². The maximum atomic E-state index is 13.4. The summed E-state index contributed by atoms with van der Waals surface area (Å²) in [4.78, 5) is 29.9. The summed E-state index contributed by atoms with van der Waals surface area (Å²) in [7, 11) is -3.23. The normalized spacial score (nSPS) is 18.2. The summed E-state index contributed by atoms with van der Waals surface area (Å²) in [6.45, 7) is 2.54. The number of esters is 1. The number of nitrogens with zero attached hydrogens (tertiary/aromatic N) is 3. The fourth-order valence-corrected chi connectivity index (χ4v) is 5.45. The molecule has 2 aromatic rings. The lowest BCUT2D eigenvalue weighted by atomic mass is 10.1. The molecule has 1 amide bonds. The molecule has 1 saturated heterocycles. The van der Waals surface area contributed by atoms with Crippen molar-refractivity contribution in [3.05, 3.63) is 30.1 Å². The van der Waals surface area contributed by atoms with Crippen LogP contribution in [0.1, 0.15) is 26.1 Å². The second-order valence-electron chi connectivity index (χ2n) is 8.17. The average Bonchev–Trinajstić information content (AvgIpc) is 3.24. The van der Waals surface area contributed by atoms with Crippen molar-refractivity contribution in [2.45, 2.75) is 39.0 Å². The van der Waals surface area contributed by atoms with E-state index in [0.717, 1.165) is 0 Å². The Morgan fingerprint density at radius 1 is 1.28 bits per heavy atom. The zero-order valence-electron chi connectivity index (χ0n) is 17.6. The number of para-hydroxylation sites is 2. The van der Waals surface area contributed by atoms with E-state index in [2.05, 4.69) is 4.98 Å². The van der Waals surface area contributed by atoms with E-state index in [1.165, 1.54) is 29.2 Å². The Kier molecular flexibility index (Phi) is 6.82. The lowest BCUT2D eigenvalue weighted by Crippen LogP contribution is -2.45. The molecule has 1 aromatic heterocycles. The standard InChI is InChI=1S/C20H24F3N3O5S/c1-13(2)9-25(14-7-8-32(29,30)12-14)17(27)11-31-18(28)10-26-16-6-4-3-5-15(16)24-19(26)20(21,22)23/h3-6,13-14H,7-12H2,1-2H3. The molecule has 1 fully saturated rings. The Bertz CT molecular complexity index is 1110. The first-order chi connectivity index (χ1) is 14.9. The van der Waals surface area contributed by atoms with Crippen LogP contribution in [0.15, 0.2) is 24.3 Å². The number of alkyl halides is 3. The molecular weight excluding hydrogens is 451 g/mol. The number of halogens is 3. The maximum absolute atomic E-state index is 13.4. The van der Waals surface area contributed by atoms with Gasteiger partial charge >= 0.3 is 12.1 Å². The molecule has 0 N–H and O–H groups in total. The second-order valence-corrected chi connectivity index (χ2v) is 10.4. The molecule has 1 atom stereocenters. The predicted octanol–water partition coefficient (Wildman–Crippen LogP) is 2.27. The third kappa shape index (κ3) is 5.59. The third-order valence-electron chi connectivity index (χ3n) is 5.08. The summed E-state index contributed by atoms with van der Waals surface area (Å²) >= 11 is 0. The molecule has 176 valence electrons. The van der Waals surface area contributed by atoms with Gasteiger partial charge in [-0.15, -0.1) is 0 Å². The van der Waals surface area contributed by atoms with Crippen LogP contribution in [0, 0.1) is 5.92 Å². The number of imidazole rings is 1. The van der Waals surface area contributed by atoms with Crippen molar-refractivity contribution in [1.29, 1.82) is 0 Å². The number of aromatic nitrogens is 2. The number of amides is 1. The first kappa shape index (κ1) is 24.0. The van der Waals surface area contributed by atoms with Gasteiger partial charge in [0, 0.05) is 12.6 Å². The zero-order valence-corrected chi connectivity index (χ0v) is 18.4. The summed E-state index contributed by atoms with van der Waals surface area (Å²) in [5.41, 5.74) is 0.190. The van der Waals surface area contributed by atoms with E-state index in [9.17, 15) is 31.2 Å². The smallest absolute Gasteiger partial charge is 0.449 e. The van der Waals surface area contributed by atoms with Gasteiger partial charge in [0.15, 0.2) is 16.4 Å². The van der Waals surface area contributed by atoms with E-state index in [0.29, 0.717) is 11.0 Å². The average molecular weight is 475 g/mol. The van der Waals surface area contributed by atoms with E-state index in [1.54, 1.807) is 0 Å². The number of benzene rings is 1. The van der Waals surface area contributed by atoms with Crippen LogP contribution < -0.4 is 0 Å². The number of ether oxygens (including phenoxy) is 1. The Balaban J connectivity index is 1.71. The number of rotatable bonds is 7. The summed E-state index contributed by atoms with van der Waals surface area (Å²) in [6, 6.07) is 5.34. The highest BCUT2D eigenvalue weighted by Gasteiger charge is 2.38. The van der Waals surface area contributed by atoms with Crippen LogP contribution in [-0.4, -0.2) is 65.4 Å². The van der Waals surface area contributed by atoms with E-state index >= 15 is 0 Å². The minimum atomic E-state index is -4.78. The minimum Gasteiger partial charge on any atom is -0.454 e. The van der Waals surface area contributed by atoms with Crippen LogP contribution in [0.2, 0.25) is 0 Å². The number of hydrogen-bond acceptors (Lipinski definition) is 6. The molecule has 0 spiro atoms. The van der Waals surface area contributed by atoms with Gasteiger partial charge in [-0.25, -0.2) is 13.4 Å². The number of carbonyl (C=O) groups excluding carboxylic acids is 2. The third-order valence-corrected chi connectivity index (χ3v) is 6.83. The van der Waals surface area contributed by atoms with Crippen molar-refractivity contribution < 1.29 is 35.9 Å². The van der Waals surface area contributed by atoms with Crippen LogP contribution >= 0.6 is 0 Å². The van der Waals surface area contributed by atoms with Crippen LogP contribution in [0.25, 0.3) is 11.0 Å². The summed E-state index contributed by atoms with van der Waals surface area (Å²) in [6.07, 6.45) is -4.48. The van der Waals surface area contributed by atoms with E-state index in [4.69, 9.17) is 4.74 Å². The molecule has 0 bridgehead atoms. The molecule has 2 heterocycles. The molecule has 12 heteroatoms. The molecule has 1 aromatic carbocycles. The van der Waals surface area contributed by atoms with E-state index in [-0.39, 0.29) is 35.0 Å². The van der Waals surface area contributed by atoms with Gasteiger partial charge in [-0.05, 0) is 24.5 Å². The molecule has 0 saturated carbocycles. The summed E-state index contributed by atoms with van der Waals surface area (Å²) < 4.78 is 69.4. The van der Waals surface area contributed by atoms with E-state index in [1.807, 2.05) is 13.8 Å². The van der Waals surface area contributed by atoms with Crippen LogP contribution in [0.5, 0.6) is 0 Å². The zero-order chi connectivity index (χ0) is 23.7. The first-order valence-electron chi connectivity index (χ1n) is 10.1. The van der Waals surface area contributed by atoms with Crippen molar-refractivity contribution in [2.75, 3.05) is 24.7 Å². The van der Waals surface area contributed by atoms with Crippen molar-refractivity contribution in [3.8, 4) is 0 Å². The van der Waals surface area contributed by atoms with Crippen molar-refractivity contribution in [3.63, 3.8) is 0 Å². The van der Waals surface area contributed by atoms with Gasteiger partial charge in [0.05, 0.1) is 22.5 Å². The van der Waals surface area contributed by atoms with Gasteiger partial charge in [-0.1, -0.05) is 26.0 Å². The van der Waals surface area contributed by atoms with Gasteiger partial charge in [-0.2, -0.15) is 13.2 Å². The molecular formula is C20H24F3N3O5S. The molecule has 3 rings (SSSR count). The highest BCUT2D eigenvalue weighted by Crippen LogP contribution is 2.31. The van der Waals surface area contributed by atoms with Crippen molar-refractivity contribution in [2.24, 2.45) is 5.92 Å². The lowest BCUT2D eigenvalue weighted by molar-refractivity contribution is -0.156. The molecule has 1 aliphatic rings. The Morgan fingerprint density at radius 2 is 1.97 bits per heavy atom. The Morgan fingerprint density at radius 3 is 2.56 bits per heavy atom. The molecule has 1 aliphatic heterocycles. The quantitative estimate of drug-likeness (QED) is 0.570. The highest BCUT2D eigenvalue weighted by atomic mass is 32.2. The number of fused-ring (bicyclic) bond motifs is 1. The van der Waals surface area contributed by atoms with Crippen molar-refractivity contribution >= 4 is 32.7 Å². The fraction of sp³-hybridized carbons (Fsp3) is 0.550. The van der Waals surface area contributed by atoms with Crippen LogP contribution in [0.3, 0.4) is 0 Å². The number of carbonyl (C=O) groups is 2. The van der Waals surface area contributed by atoms with Gasteiger partial charge in [-0.3, -0.25) is 9.59 Å².